The Kier molecular flexibility index (Phi) is 10.5. The van der Waals surface area contributed by atoms with Crippen molar-refractivity contribution in [2.45, 2.75) is 54.9 Å². The lowest BCUT2D eigenvalue weighted by Crippen LogP contribution is -2.38. The third kappa shape index (κ3) is 7.57. The summed E-state index contributed by atoms with van der Waals surface area (Å²) in [5, 5.41) is 30.0. The van der Waals surface area contributed by atoms with Crippen LogP contribution >= 0.6 is 0 Å². The zero-order chi connectivity index (χ0) is 29.8. The second kappa shape index (κ2) is 13.2. The van der Waals surface area contributed by atoms with E-state index in [4.69, 9.17) is 20.1 Å². The van der Waals surface area contributed by atoms with Gasteiger partial charge in [0.1, 0.15) is 0 Å². The number of aliphatic carboxylic acids is 3. The standard InChI is InChI=1S/C16H16O4.C15H14O.C2H4O2.CH4/c1-10-3-5-13-8-11(4-6-12(13)7-10)9-16(2,14(17)18)15(19)20;1-9-3-6-13-11(7-9)4-5-12-8-10(2)15(16)14(12)13;1-2(3)4;/h3-8H,9H2,1-2H3,(H,17,18)(H,19,20);3-7,10H,8H2,1-2H3;1H3,(H,3,4);1H4. The minimum atomic E-state index is -1.81. The molecule has 4 aromatic rings. The third-order valence-corrected chi connectivity index (χ3v) is 7.04. The van der Waals surface area contributed by atoms with Crippen molar-refractivity contribution in [2.24, 2.45) is 11.3 Å². The van der Waals surface area contributed by atoms with Gasteiger partial charge in [0.15, 0.2) is 11.2 Å². The number of carboxylic acid groups (broad SMARTS) is 3. The Morgan fingerprint density at radius 2 is 1.29 bits per heavy atom. The van der Waals surface area contributed by atoms with E-state index in [1.54, 1.807) is 6.07 Å². The van der Waals surface area contributed by atoms with E-state index < -0.39 is 23.3 Å². The van der Waals surface area contributed by atoms with Crippen LogP contribution in [0, 0.1) is 25.2 Å². The molecular weight excluding hydrogens is 520 g/mol. The van der Waals surface area contributed by atoms with Gasteiger partial charge in [0.05, 0.1) is 0 Å². The average Bonchev–Trinajstić information content (AvgIpc) is 3.17. The van der Waals surface area contributed by atoms with Crippen molar-refractivity contribution >= 4 is 45.2 Å². The van der Waals surface area contributed by atoms with Crippen molar-refractivity contribution in [1.82, 2.24) is 0 Å². The van der Waals surface area contributed by atoms with E-state index in [2.05, 4.69) is 37.3 Å². The van der Waals surface area contributed by atoms with Crippen LogP contribution in [0.3, 0.4) is 0 Å². The fraction of sp³-hybridized carbons (Fsp3) is 0.294. The van der Waals surface area contributed by atoms with Crippen molar-refractivity contribution in [2.75, 3.05) is 0 Å². The number of carbonyl (C=O) groups excluding carboxylic acids is 1. The second-order valence-corrected chi connectivity index (χ2v) is 10.6. The molecule has 3 N–H and O–H groups in total. The molecule has 0 bridgehead atoms. The molecule has 1 unspecified atom stereocenters. The zero-order valence-corrected chi connectivity index (χ0v) is 23.3. The predicted molar refractivity (Wildman–Crippen MR) is 162 cm³/mol. The van der Waals surface area contributed by atoms with Crippen molar-refractivity contribution in [3.63, 3.8) is 0 Å². The Bertz CT molecular complexity index is 1600. The molecule has 7 heteroatoms. The van der Waals surface area contributed by atoms with Crippen LogP contribution in [0.4, 0.5) is 0 Å². The van der Waals surface area contributed by atoms with Gasteiger partial charge in [-0.2, -0.15) is 0 Å². The van der Waals surface area contributed by atoms with Crippen molar-refractivity contribution in [3.05, 3.63) is 94.5 Å². The molecule has 5 rings (SSSR count). The Hall–Kier alpha value is -4.52. The van der Waals surface area contributed by atoms with E-state index in [0.29, 0.717) is 11.3 Å². The van der Waals surface area contributed by atoms with Crippen LogP contribution in [0.5, 0.6) is 0 Å². The maximum atomic E-state index is 12.1. The summed E-state index contributed by atoms with van der Waals surface area (Å²) in [7, 11) is 0. The summed E-state index contributed by atoms with van der Waals surface area (Å²) in [5.41, 5.74) is 3.46. The number of Topliss-reactive ketones (excluding diaryl/α,β-unsaturated/α-hetero) is 1. The monoisotopic (exact) mass is 558 g/mol. The highest BCUT2D eigenvalue weighted by Crippen LogP contribution is 2.33. The van der Waals surface area contributed by atoms with Gasteiger partial charge in [0.2, 0.25) is 0 Å². The molecule has 4 aromatic carbocycles. The predicted octanol–water partition coefficient (Wildman–Crippen LogP) is 7.12. The Balaban J connectivity index is 0.000000252. The van der Waals surface area contributed by atoms with Gasteiger partial charge in [-0.3, -0.25) is 19.2 Å². The smallest absolute Gasteiger partial charge is 0.321 e. The Morgan fingerprint density at radius 1 is 0.805 bits per heavy atom. The van der Waals surface area contributed by atoms with E-state index in [9.17, 15) is 14.4 Å². The van der Waals surface area contributed by atoms with Crippen molar-refractivity contribution in [1.29, 1.82) is 0 Å². The number of aryl methyl sites for hydroxylation is 2. The molecule has 0 aromatic heterocycles. The zero-order valence-electron chi connectivity index (χ0n) is 23.3. The first-order chi connectivity index (χ1) is 18.7. The van der Waals surface area contributed by atoms with Gasteiger partial charge in [0.25, 0.3) is 5.97 Å². The molecule has 0 radical (unpaired) electrons. The van der Waals surface area contributed by atoms with Crippen LogP contribution < -0.4 is 0 Å². The molecule has 0 spiro atoms. The fourth-order valence-corrected chi connectivity index (χ4v) is 4.80. The quantitative estimate of drug-likeness (QED) is 0.228. The molecule has 0 saturated heterocycles. The van der Waals surface area contributed by atoms with Crippen LogP contribution in [0.15, 0.2) is 66.7 Å². The maximum absolute atomic E-state index is 12.1. The van der Waals surface area contributed by atoms with Crippen molar-refractivity contribution in [3.8, 4) is 0 Å². The normalized spacial score (nSPS) is 13.7. The summed E-state index contributed by atoms with van der Waals surface area (Å²) in [5.74, 6) is -3.02. The molecule has 0 heterocycles. The Morgan fingerprint density at radius 3 is 1.88 bits per heavy atom. The van der Waals surface area contributed by atoms with E-state index in [-0.39, 0.29) is 19.8 Å². The highest BCUT2D eigenvalue weighted by molar-refractivity contribution is 6.12. The van der Waals surface area contributed by atoms with E-state index in [1.807, 2.05) is 44.2 Å². The topological polar surface area (TPSA) is 129 Å². The minimum absolute atomic E-state index is 0. The lowest BCUT2D eigenvalue weighted by atomic mass is 9.83. The summed E-state index contributed by atoms with van der Waals surface area (Å²) in [6.07, 6.45) is 0.861. The molecule has 1 aliphatic carbocycles. The molecule has 7 nitrogen and oxygen atoms in total. The molecule has 1 atom stereocenters. The summed E-state index contributed by atoms with van der Waals surface area (Å²) in [4.78, 5) is 43.5. The second-order valence-electron chi connectivity index (χ2n) is 10.6. The summed E-state index contributed by atoms with van der Waals surface area (Å²) >= 11 is 0. The third-order valence-electron chi connectivity index (χ3n) is 7.04. The molecule has 1 aliphatic rings. The van der Waals surface area contributed by atoms with E-state index >= 15 is 0 Å². The van der Waals surface area contributed by atoms with Gasteiger partial charge in [-0.15, -0.1) is 0 Å². The number of carbonyl (C=O) groups is 4. The number of hydrogen-bond donors (Lipinski definition) is 3. The first kappa shape index (κ1) is 32.7. The number of benzene rings is 4. The average molecular weight is 559 g/mol. The number of fused-ring (bicyclic) bond motifs is 4. The van der Waals surface area contributed by atoms with E-state index in [1.165, 1.54) is 23.4 Å². The number of ketones is 1. The molecular formula is C34H38O7. The van der Waals surface area contributed by atoms with Gasteiger partial charge < -0.3 is 15.3 Å². The molecule has 0 fully saturated rings. The van der Waals surface area contributed by atoms with Crippen LogP contribution in [0.2, 0.25) is 0 Å². The maximum Gasteiger partial charge on any atom is 0.321 e. The lowest BCUT2D eigenvalue weighted by Gasteiger charge is -2.19. The highest BCUT2D eigenvalue weighted by atomic mass is 16.4. The molecule has 216 valence electrons. The number of carboxylic acids is 3. The van der Waals surface area contributed by atoms with Crippen LogP contribution in [-0.2, 0) is 27.2 Å². The summed E-state index contributed by atoms with van der Waals surface area (Å²) < 4.78 is 0. The lowest BCUT2D eigenvalue weighted by molar-refractivity contribution is -0.163. The molecule has 0 saturated carbocycles. The van der Waals surface area contributed by atoms with E-state index in [0.717, 1.165) is 40.6 Å². The minimum Gasteiger partial charge on any atom is -0.481 e. The number of rotatable bonds is 4. The van der Waals surface area contributed by atoms with Gasteiger partial charge in [-0.05, 0) is 66.3 Å². The van der Waals surface area contributed by atoms with Crippen LogP contribution in [-0.4, -0.2) is 39.0 Å². The molecule has 0 aliphatic heterocycles. The highest BCUT2D eigenvalue weighted by Gasteiger charge is 2.41. The first-order valence-corrected chi connectivity index (χ1v) is 12.9. The van der Waals surface area contributed by atoms with Gasteiger partial charge in [-0.25, -0.2) is 0 Å². The van der Waals surface area contributed by atoms with Gasteiger partial charge >= 0.3 is 11.9 Å². The number of hydrogen-bond acceptors (Lipinski definition) is 4. The van der Waals surface area contributed by atoms with Crippen LogP contribution in [0.1, 0.15) is 60.8 Å². The summed E-state index contributed by atoms with van der Waals surface area (Å²) in [6, 6.07) is 22.0. The summed E-state index contributed by atoms with van der Waals surface area (Å²) in [6.45, 7) is 8.41. The van der Waals surface area contributed by atoms with Gasteiger partial charge in [0, 0.05) is 18.4 Å². The molecule has 0 amide bonds. The van der Waals surface area contributed by atoms with Gasteiger partial charge in [-0.1, -0.05) is 92.2 Å². The first-order valence-electron chi connectivity index (χ1n) is 12.9. The SMILES string of the molecule is C.CC(=O)O.Cc1ccc2c3c(ccc2c1)CC(C)C3=O.Cc1ccc2cc(CC(C)(C(=O)O)C(=O)O)ccc2c1. The van der Waals surface area contributed by atoms with Crippen molar-refractivity contribution < 1.29 is 34.5 Å². The fourth-order valence-electron chi connectivity index (χ4n) is 4.80. The largest absolute Gasteiger partial charge is 0.481 e. The molecule has 41 heavy (non-hydrogen) atoms. The Labute approximate surface area is 240 Å². The van der Waals surface area contributed by atoms with Crippen LogP contribution in [0.25, 0.3) is 21.5 Å².